The number of rotatable bonds is 1. The summed E-state index contributed by atoms with van der Waals surface area (Å²) in [5, 5.41) is 8.54. The topological polar surface area (TPSA) is 84.7 Å². The molecule has 0 aliphatic rings. The molecule has 1 rings (SSSR count). The maximum atomic E-state index is 11.0. The van der Waals surface area contributed by atoms with Crippen molar-refractivity contribution >= 4 is 5.82 Å². The summed E-state index contributed by atoms with van der Waals surface area (Å²) in [4.78, 5) is 14.5. The van der Waals surface area contributed by atoms with Gasteiger partial charge in [-0.25, -0.2) is 9.78 Å². The highest BCUT2D eigenvalue weighted by Gasteiger charge is 2.04. The molecule has 0 radical (unpaired) electrons. The van der Waals surface area contributed by atoms with Crippen LogP contribution in [0.3, 0.4) is 0 Å². The summed E-state index contributed by atoms with van der Waals surface area (Å²) in [5.41, 5.74) is 5.32. The summed E-state index contributed by atoms with van der Waals surface area (Å²) in [5.74, 6) is 0.181. The zero-order valence-electron chi connectivity index (χ0n) is 6.61. The highest BCUT2D eigenvalue weighted by atomic mass is 16.1. The van der Waals surface area contributed by atoms with Crippen LogP contribution in [0, 0.1) is 11.3 Å². The third-order valence-electron chi connectivity index (χ3n) is 1.54. The fourth-order valence-electron chi connectivity index (χ4n) is 0.896. The predicted octanol–water partition coefficient (Wildman–Crippen LogP) is -0.283. The second kappa shape index (κ2) is 3.05. The predicted molar refractivity (Wildman–Crippen MR) is 43.3 cm³/mol. The Kier molecular flexibility index (Phi) is 2.10. The molecule has 1 heterocycles. The second-order valence-electron chi connectivity index (χ2n) is 2.20. The first-order valence-electron chi connectivity index (χ1n) is 3.46. The minimum absolute atomic E-state index is 0.181. The summed E-state index contributed by atoms with van der Waals surface area (Å²) in [6, 6.07) is 1.85. The van der Waals surface area contributed by atoms with Crippen LogP contribution in [-0.4, -0.2) is 9.55 Å². The summed E-state index contributed by atoms with van der Waals surface area (Å²) >= 11 is 0. The zero-order chi connectivity index (χ0) is 9.14. The maximum Gasteiger partial charge on any atom is 0.349 e. The molecule has 0 aromatic carbocycles. The normalized spacial score (nSPS) is 9.33. The molecule has 0 spiro atoms. The van der Waals surface area contributed by atoms with Crippen LogP contribution in [0.25, 0.3) is 0 Å². The molecule has 1 aromatic heterocycles. The van der Waals surface area contributed by atoms with E-state index < -0.39 is 5.69 Å². The van der Waals surface area contributed by atoms with Gasteiger partial charge in [0.1, 0.15) is 17.5 Å². The minimum Gasteiger partial charge on any atom is -0.384 e. The quantitative estimate of drug-likeness (QED) is 0.618. The van der Waals surface area contributed by atoms with Gasteiger partial charge < -0.3 is 5.73 Å². The monoisotopic (exact) mass is 164 g/mol. The molecule has 62 valence electrons. The van der Waals surface area contributed by atoms with E-state index in [0.717, 1.165) is 0 Å². The Labute approximate surface area is 69.1 Å². The number of aromatic nitrogens is 2. The first kappa shape index (κ1) is 8.27. The number of nitriles is 1. The largest absolute Gasteiger partial charge is 0.384 e. The van der Waals surface area contributed by atoms with Crippen LogP contribution >= 0.6 is 0 Å². The summed E-state index contributed by atoms with van der Waals surface area (Å²) < 4.78 is 1.25. The second-order valence-corrected chi connectivity index (χ2v) is 2.20. The van der Waals surface area contributed by atoms with E-state index in [4.69, 9.17) is 11.0 Å². The van der Waals surface area contributed by atoms with Gasteiger partial charge in [-0.3, -0.25) is 4.57 Å². The van der Waals surface area contributed by atoms with Crippen molar-refractivity contribution in [1.82, 2.24) is 9.55 Å². The molecule has 0 saturated carbocycles. The molecular formula is C7H8N4O. The number of anilines is 1. The van der Waals surface area contributed by atoms with Crippen molar-refractivity contribution in [2.45, 2.75) is 13.5 Å². The average Bonchev–Trinajstić information content (AvgIpc) is 2.06. The number of hydrogen-bond donors (Lipinski definition) is 1. The molecule has 0 aliphatic heterocycles. The minimum atomic E-state index is -0.422. The lowest BCUT2D eigenvalue weighted by atomic mass is 10.3. The lowest BCUT2D eigenvalue weighted by Crippen LogP contribution is -2.25. The van der Waals surface area contributed by atoms with Crippen molar-refractivity contribution in [3.8, 4) is 6.07 Å². The van der Waals surface area contributed by atoms with Crippen LogP contribution in [0.15, 0.2) is 11.0 Å². The number of nitrogens with zero attached hydrogens (tertiary/aromatic N) is 3. The Balaban J connectivity index is 3.47. The van der Waals surface area contributed by atoms with E-state index in [2.05, 4.69) is 4.98 Å². The first-order chi connectivity index (χ1) is 5.70. The standard InChI is InChI=1S/C7H8N4O/c1-2-11-6(9)5(3-8)4-10-7(11)12/h4H,2,9H2,1H3. The van der Waals surface area contributed by atoms with Crippen molar-refractivity contribution < 1.29 is 0 Å². The van der Waals surface area contributed by atoms with Crippen molar-refractivity contribution in [2.75, 3.05) is 5.73 Å². The molecule has 0 saturated heterocycles. The van der Waals surface area contributed by atoms with Gasteiger partial charge in [0.2, 0.25) is 0 Å². The van der Waals surface area contributed by atoms with E-state index >= 15 is 0 Å². The number of nitrogens with two attached hydrogens (primary N) is 1. The van der Waals surface area contributed by atoms with E-state index in [0.29, 0.717) is 6.54 Å². The van der Waals surface area contributed by atoms with Crippen LogP contribution < -0.4 is 11.4 Å². The molecule has 0 bridgehead atoms. The van der Waals surface area contributed by atoms with E-state index in [1.807, 2.05) is 6.07 Å². The van der Waals surface area contributed by atoms with Gasteiger partial charge in [-0.2, -0.15) is 5.26 Å². The van der Waals surface area contributed by atoms with Crippen LogP contribution in [0.5, 0.6) is 0 Å². The molecule has 0 fully saturated rings. The van der Waals surface area contributed by atoms with E-state index in [-0.39, 0.29) is 11.4 Å². The van der Waals surface area contributed by atoms with Gasteiger partial charge in [0.15, 0.2) is 0 Å². The molecule has 0 unspecified atom stereocenters. The molecule has 0 atom stereocenters. The van der Waals surface area contributed by atoms with Crippen LogP contribution in [0.1, 0.15) is 12.5 Å². The number of hydrogen-bond acceptors (Lipinski definition) is 4. The van der Waals surface area contributed by atoms with E-state index in [1.54, 1.807) is 6.92 Å². The van der Waals surface area contributed by atoms with Crippen molar-refractivity contribution in [2.24, 2.45) is 0 Å². The Morgan fingerprint density at radius 3 is 3.00 bits per heavy atom. The molecule has 2 N–H and O–H groups in total. The Morgan fingerprint density at radius 2 is 2.50 bits per heavy atom. The van der Waals surface area contributed by atoms with Crippen LogP contribution in [-0.2, 0) is 6.54 Å². The highest BCUT2D eigenvalue weighted by molar-refractivity contribution is 5.46. The SMILES string of the molecule is CCn1c(N)c(C#N)cnc1=O. The lowest BCUT2D eigenvalue weighted by Gasteiger charge is -2.04. The van der Waals surface area contributed by atoms with Crippen LogP contribution in [0.2, 0.25) is 0 Å². The molecule has 5 nitrogen and oxygen atoms in total. The van der Waals surface area contributed by atoms with Gasteiger partial charge in [0, 0.05) is 6.54 Å². The Bertz CT molecular complexity index is 387. The van der Waals surface area contributed by atoms with Gasteiger partial charge in [-0.05, 0) is 6.92 Å². The lowest BCUT2D eigenvalue weighted by molar-refractivity contribution is 0.708. The van der Waals surface area contributed by atoms with Crippen LogP contribution in [0.4, 0.5) is 5.82 Å². The van der Waals surface area contributed by atoms with Crippen molar-refractivity contribution in [3.05, 3.63) is 22.2 Å². The molecule has 5 heteroatoms. The fraction of sp³-hybridized carbons (Fsp3) is 0.286. The first-order valence-corrected chi connectivity index (χ1v) is 3.46. The molecule has 0 amide bonds. The van der Waals surface area contributed by atoms with Gasteiger partial charge in [0.25, 0.3) is 0 Å². The summed E-state index contributed by atoms with van der Waals surface area (Å²) in [6.45, 7) is 2.19. The highest BCUT2D eigenvalue weighted by Crippen LogP contribution is 2.04. The van der Waals surface area contributed by atoms with Gasteiger partial charge in [-0.1, -0.05) is 0 Å². The molecule has 1 aromatic rings. The molecular weight excluding hydrogens is 156 g/mol. The third kappa shape index (κ3) is 1.14. The Hall–Kier alpha value is -1.83. The zero-order valence-corrected chi connectivity index (χ0v) is 6.61. The van der Waals surface area contributed by atoms with Crippen molar-refractivity contribution in [3.63, 3.8) is 0 Å². The number of nitrogen functional groups attached to an aromatic ring is 1. The summed E-state index contributed by atoms with van der Waals surface area (Å²) in [6.07, 6.45) is 1.18. The van der Waals surface area contributed by atoms with Gasteiger partial charge >= 0.3 is 5.69 Å². The molecule has 0 aliphatic carbocycles. The summed E-state index contributed by atoms with van der Waals surface area (Å²) in [7, 11) is 0. The average molecular weight is 164 g/mol. The molecule has 12 heavy (non-hydrogen) atoms. The third-order valence-corrected chi connectivity index (χ3v) is 1.54. The Morgan fingerprint density at radius 1 is 1.83 bits per heavy atom. The van der Waals surface area contributed by atoms with Gasteiger partial charge in [-0.15, -0.1) is 0 Å². The fourth-order valence-corrected chi connectivity index (χ4v) is 0.896. The smallest absolute Gasteiger partial charge is 0.349 e. The maximum absolute atomic E-state index is 11.0. The van der Waals surface area contributed by atoms with E-state index in [1.165, 1.54) is 10.8 Å². The van der Waals surface area contributed by atoms with E-state index in [9.17, 15) is 4.79 Å². The van der Waals surface area contributed by atoms with Crippen molar-refractivity contribution in [1.29, 1.82) is 5.26 Å². The van der Waals surface area contributed by atoms with Gasteiger partial charge in [0.05, 0.1) is 6.20 Å².